The van der Waals surface area contributed by atoms with Crippen LogP contribution in [0.5, 0.6) is 0 Å². The number of nitro groups is 1. The Morgan fingerprint density at radius 1 is 1.38 bits per heavy atom. The minimum atomic E-state index is -0.731. The van der Waals surface area contributed by atoms with E-state index in [1.165, 1.54) is 12.1 Å². The van der Waals surface area contributed by atoms with Gasteiger partial charge < -0.3 is 5.32 Å². The van der Waals surface area contributed by atoms with Crippen LogP contribution in [0.2, 0.25) is 0 Å². The van der Waals surface area contributed by atoms with E-state index in [0.717, 1.165) is 0 Å². The third-order valence-electron chi connectivity index (χ3n) is 2.53. The number of amides is 1. The Morgan fingerprint density at radius 2 is 2.06 bits per heavy atom. The Labute approximate surface area is 90.4 Å². The molecule has 82 valence electrons. The summed E-state index contributed by atoms with van der Waals surface area (Å²) in [6, 6.07) is 2.57. The zero-order valence-electron chi connectivity index (χ0n) is 8.44. The fraction of sp³-hybridized carbons (Fsp3) is 0.200. The molecule has 0 unspecified atom stereocenters. The van der Waals surface area contributed by atoms with Crippen LogP contribution >= 0.6 is 0 Å². The second kappa shape index (κ2) is 3.41. The fourth-order valence-corrected chi connectivity index (χ4v) is 1.79. The molecule has 1 aliphatic rings. The maximum Gasteiger partial charge on any atom is 0.296 e. The number of fused-ring (bicyclic) bond motifs is 1. The highest BCUT2D eigenvalue weighted by Gasteiger charge is 2.32. The molecule has 6 heteroatoms. The van der Waals surface area contributed by atoms with Crippen LogP contribution in [0, 0.1) is 10.1 Å². The molecule has 0 bridgehead atoms. The number of Topliss-reactive ketones (excluding diaryl/α,β-unsaturated/α-hetero) is 1. The molecule has 1 amide bonds. The number of benzene rings is 1. The summed E-state index contributed by atoms with van der Waals surface area (Å²) in [4.78, 5) is 32.7. The first-order chi connectivity index (χ1) is 7.56. The maximum absolute atomic E-state index is 11.4. The highest BCUT2D eigenvalue weighted by atomic mass is 16.6. The SMILES string of the molecule is CCc1c([N+](=O)[O-])ccc2c1NC(=O)C2=O. The number of nitro benzene ring substituents is 1. The molecular formula is C10H8N2O4. The predicted octanol–water partition coefficient (Wildman–Crippen LogP) is 1.29. The van der Waals surface area contributed by atoms with Gasteiger partial charge in [-0.1, -0.05) is 6.92 Å². The van der Waals surface area contributed by atoms with Crippen molar-refractivity contribution in [1.82, 2.24) is 0 Å². The molecular weight excluding hydrogens is 212 g/mol. The third kappa shape index (κ3) is 1.27. The van der Waals surface area contributed by atoms with Gasteiger partial charge in [0.1, 0.15) is 0 Å². The van der Waals surface area contributed by atoms with E-state index in [-0.39, 0.29) is 16.9 Å². The highest BCUT2D eigenvalue weighted by molar-refractivity contribution is 6.51. The minimum absolute atomic E-state index is 0.0729. The number of rotatable bonds is 2. The van der Waals surface area contributed by atoms with Crippen molar-refractivity contribution in [1.29, 1.82) is 0 Å². The average Bonchev–Trinajstić information content (AvgIpc) is 2.54. The van der Waals surface area contributed by atoms with Crippen molar-refractivity contribution in [2.24, 2.45) is 0 Å². The van der Waals surface area contributed by atoms with Crippen molar-refractivity contribution >= 4 is 23.1 Å². The Balaban J connectivity index is 2.69. The Bertz CT molecular complexity index is 522. The quantitative estimate of drug-likeness (QED) is 0.462. The first-order valence-corrected chi connectivity index (χ1v) is 4.72. The van der Waals surface area contributed by atoms with Crippen molar-refractivity contribution in [2.75, 3.05) is 5.32 Å². The van der Waals surface area contributed by atoms with Crippen molar-refractivity contribution in [3.05, 3.63) is 33.4 Å². The van der Waals surface area contributed by atoms with Crippen LogP contribution in [-0.4, -0.2) is 16.6 Å². The summed E-state index contributed by atoms with van der Waals surface area (Å²) in [6.07, 6.45) is 0.382. The lowest BCUT2D eigenvalue weighted by atomic mass is 10.0. The van der Waals surface area contributed by atoms with Gasteiger partial charge in [-0.3, -0.25) is 19.7 Å². The van der Waals surface area contributed by atoms with Crippen LogP contribution in [0.4, 0.5) is 11.4 Å². The topological polar surface area (TPSA) is 89.3 Å². The molecule has 1 aromatic rings. The summed E-state index contributed by atoms with van der Waals surface area (Å²) in [5.41, 5.74) is 0.817. The molecule has 16 heavy (non-hydrogen) atoms. The molecule has 6 nitrogen and oxygen atoms in total. The van der Waals surface area contributed by atoms with Gasteiger partial charge in [-0.2, -0.15) is 0 Å². The molecule has 1 N–H and O–H groups in total. The smallest absolute Gasteiger partial charge is 0.296 e. The lowest BCUT2D eigenvalue weighted by Crippen LogP contribution is -2.12. The number of nitrogens with zero attached hydrogens (tertiary/aromatic N) is 1. The van der Waals surface area contributed by atoms with Gasteiger partial charge in [0.2, 0.25) is 0 Å². The predicted molar refractivity (Wildman–Crippen MR) is 55.4 cm³/mol. The minimum Gasteiger partial charge on any atom is -0.318 e. The van der Waals surface area contributed by atoms with E-state index in [9.17, 15) is 19.7 Å². The summed E-state index contributed by atoms with van der Waals surface area (Å²) in [5, 5.41) is 13.1. The van der Waals surface area contributed by atoms with Gasteiger partial charge >= 0.3 is 0 Å². The molecule has 0 fully saturated rings. The fourth-order valence-electron chi connectivity index (χ4n) is 1.79. The van der Waals surface area contributed by atoms with Gasteiger partial charge in [0.15, 0.2) is 0 Å². The van der Waals surface area contributed by atoms with E-state index in [1.807, 2.05) is 0 Å². The van der Waals surface area contributed by atoms with E-state index < -0.39 is 16.6 Å². The van der Waals surface area contributed by atoms with Gasteiger partial charge in [-0.15, -0.1) is 0 Å². The Hall–Kier alpha value is -2.24. The van der Waals surface area contributed by atoms with Crippen LogP contribution in [0.15, 0.2) is 12.1 Å². The van der Waals surface area contributed by atoms with Crippen molar-refractivity contribution in [2.45, 2.75) is 13.3 Å². The molecule has 1 aromatic carbocycles. The van der Waals surface area contributed by atoms with Crippen LogP contribution < -0.4 is 5.32 Å². The number of hydrogen-bond donors (Lipinski definition) is 1. The lowest BCUT2D eigenvalue weighted by Gasteiger charge is -2.05. The third-order valence-corrected chi connectivity index (χ3v) is 2.53. The van der Waals surface area contributed by atoms with E-state index in [4.69, 9.17) is 0 Å². The maximum atomic E-state index is 11.4. The van der Waals surface area contributed by atoms with Gasteiger partial charge in [0.05, 0.1) is 21.7 Å². The Kier molecular flexibility index (Phi) is 2.19. The number of hydrogen-bond acceptors (Lipinski definition) is 4. The molecule has 0 saturated carbocycles. The standard InChI is InChI=1S/C10H8N2O4/c1-2-5-7(12(15)16)4-3-6-8(5)11-10(14)9(6)13/h3-4H,2H2,1H3,(H,11,13,14). The molecule has 0 aliphatic carbocycles. The van der Waals surface area contributed by atoms with Crippen molar-refractivity contribution in [3.8, 4) is 0 Å². The lowest BCUT2D eigenvalue weighted by molar-refractivity contribution is -0.385. The molecule has 0 atom stereocenters. The van der Waals surface area contributed by atoms with Crippen LogP contribution in [0.25, 0.3) is 0 Å². The monoisotopic (exact) mass is 220 g/mol. The van der Waals surface area contributed by atoms with Gasteiger partial charge in [-0.05, 0) is 12.5 Å². The van der Waals surface area contributed by atoms with Crippen molar-refractivity contribution in [3.63, 3.8) is 0 Å². The van der Waals surface area contributed by atoms with Gasteiger partial charge in [0, 0.05) is 6.07 Å². The summed E-state index contributed by atoms with van der Waals surface area (Å²) >= 11 is 0. The summed E-state index contributed by atoms with van der Waals surface area (Å²) in [7, 11) is 0. The molecule has 2 rings (SSSR count). The molecule has 1 aliphatic heterocycles. The highest BCUT2D eigenvalue weighted by Crippen LogP contribution is 2.34. The number of carbonyl (C=O) groups is 2. The van der Waals surface area contributed by atoms with Gasteiger partial charge in [-0.25, -0.2) is 0 Å². The first-order valence-electron chi connectivity index (χ1n) is 4.72. The van der Waals surface area contributed by atoms with E-state index in [2.05, 4.69) is 5.32 Å². The second-order valence-electron chi connectivity index (χ2n) is 3.38. The second-order valence-corrected chi connectivity index (χ2v) is 3.38. The number of ketones is 1. The summed E-state index contributed by atoms with van der Waals surface area (Å²) in [6.45, 7) is 1.73. The Morgan fingerprint density at radius 3 is 2.62 bits per heavy atom. The zero-order chi connectivity index (χ0) is 11.9. The number of anilines is 1. The van der Waals surface area contributed by atoms with E-state index in [1.54, 1.807) is 6.92 Å². The number of nitrogens with one attached hydrogen (secondary N) is 1. The van der Waals surface area contributed by atoms with Crippen molar-refractivity contribution < 1.29 is 14.5 Å². The summed E-state index contributed by atoms with van der Waals surface area (Å²) < 4.78 is 0. The molecule has 0 radical (unpaired) electrons. The average molecular weight is 220 g/mol. The van der Waals surface area contributed by atoms with Crippen LogP contribution in [0.1, 0.15) is 22.8 Å². The van der Waals surface area contributed by atoms with Crippen LogP contribution in [-0.2, 0) is 11.2 Å². The normalized spacial score (nSPS) is 13.6. The van der Waals surface area contributed by atoms with Crippen LogP contribution in [0.3, 0.4) is 0 Å². The molecule has 0 saturated heterocycles. The first kappa shape index (κ1) is 10.3. The zero-order valence-corrected chi connectivity index (χ0v) is 8.44. The molecule has 0 aromatic heterocycles. The number of carbonyl (C=O) groups excluding carboxylic acids is 2. The largest absolute Gasteiger partial charge is 0.318 e. The van der Waals surface area contributed by atoms with Gasteiger partial charge in [0.25, 0.3) is 17.4 Å². The molecule has 0 spiro atoms. The summed E-state index contributed by atoms with van der Waals surface area (Å²) in [5.74, 6) is -1.37. The molecule has 1 heterocycles. The van der Waals surface area contributed by atoms with E-state index >= 15 is 0 Å². The van der Waals surface area contributed by atoms with E-state index in [0.29, 0.717) is 12.0 Å².